The Bertz CT molecular complexity index is 477. The molecule has 0 bridgehead atoms. The number of amides is 1. The van der Waals surface area contributed by atoms with Crippen molar-refractivity contribution in [1.29, 1.82) is 0 Å². The molecule has 0 aromatic heterocycles. The minimum atomic E-state index is -0.00176. The van der Waals surface area contributed by atoms with Gasteiger partial charge in [-0.05, 0) is 6.26 Å². The molecule has 1 unspecified atom stereocenters. The molecule has 1 aliphatic heterocycles. The van der Waals surface area contributed by atoms with Crippen molar-refractivity contribution in [2.75, 3.05) is 6.26 Å². The summed E-state index contributed by atoms with van der Waals surface area (Å²) in [5.74, 6) is 0.0699. The molecule has 18 heavy (non-hydrogen) atoms. The molecule has 5 heteroatoms. The van der Waals surface area contributed by atoms with E-state index in [0.29, 0.717) is 12.0 Å². The highest BCUT2D eigenvalue weighted by Gasteiger charge is 2.26. The van der Waals surface area contributed by atoms with Crippen molar-refractivity contribution in [2.45, 2.75) is 11.8 Å². The Morgan fingerprint density at radius 1 is 1.39 bits per heavy atom. The molecule has 1 amide bonds. The van der Waals surface area contributed by atoms with Crippen LogP contribution in [-0.4, -0.2) is 23.3 Å². The van der Waals surface area contributed by atoms with Crippen molar-refractivity contribution in [3.05, 3.63) is 46.2 Å². The highest BCUT2D eigenvalue weighted by Crippen LogP contribution is 2.33. The topological polar surface area (TPSA) is 46.2 Å². The molecule has 1 saturated heterocycles. The van der Waals surface area contributed by atoms with E-state index in [1.165, 1.54) is 23.5 Å². The number of β-lactam (4-membered cyclic amide) rings is 1. The molecule has 2 rings (SSSR count). The lowest BCUT2D eigenvalue weighted by Crippen LogP contribution is -2.46. The first-order valence-electron chi connectivity index (χ1n) is 5.50. The summed E-state index contributed by atoms with van der Waals surface area (Å²) < 4.78 is 0.925. The first-order valence-corrected chi connectivity index (χ1v) is 7.60. The molecule has 0 spiro atoms. The van der Waals surface area contributed by atoms with Gasteiger partial charge in [0.1, 0.15) is 0 Å². The van der Waals surface area contributed by atoms with Gasteiger partial charge in [-0.1, -0.05) is 42.1 Å². The van der Waals surface area contributed by atoms with Crippen molar-refractivity contribution >= 4 is 35.2 Å². The maximum absolute atomic E-state index is 12.0. The van der Waals surface area contributed by atoms with Crippen LogP contribution in [0.3, 0.4) is 0 Å². The van der Waals surface area contributed by atoms with Crippen LogP contribution < -0.4 is 5.32 Å². The molecule has 1 aromatic rings. The fourth-order valence-corrected chi connectivity index (χ4v) is 3.31. The maximum atomic E-state index is 12.0. The van der Waals surface area contributed by atoms with Crippen LogP contribution in [0, 0.1) is 0 Å². The highest BCUT2D eigenvalue weighted by atomic mass is 32.2. The van der Waals surface area contributed by atoms with Crippen molar-refractivity contribution in [1.82, 2.24) is 5.32 Å². The Morgan fingerprint density at radius 2 is 2.06 bits per heavy atom. The second-order valence-electron chi connectivity index (χ2n) is 3.78. The first-order chi connectivity index (χ1) is 8.69. The van der Waals surface area contributed by atoms with E-state index in [4.69, 9.17) is 0 Å². The Balaban J connectivity index is 2.00. The third kappa shape index (κ3) is 3.40. The zero-order valence-corrected chi connectivity index (χ0v) is 11.5. The molecular formula is C13H13NO2S2. The minimum Gasteiger partial charge on any atom is -0.343 e. The number of hydrogen-bond donors (Lipinski definition) is 1. The minimum absolute atomic E-state index is 0.00176. The first kappa shape index (κ1) is 13.2. The maximum Gasteiger partial charge on any atom is 0.223 e. The Kier molecular flexibility index (Phi) is 4.49. The van der Waals surface area contributed by atoms with Gasteiger partial charge in [0.05, 0.1) is 11.8 Å². The van der Waals surface area contributed by atoms with Crippen LogP contribution in [-0.2, 0) is 4.79 Å². The van der Waals surface area contributed by atoms with Gasteiger partial charge in [-0.2, -0.15) is 0 Å². The molecule has 1 N–H and O–H groups in total. The zero-order chi connectivity index (χ0) is 13.0. The van der Waals surface area contributed by atoms with Crippen LogP contribution >= 0.6 is 23.5 Å². The number of allylic oxidation sites excluding steroid dienone is 1. The number of rotatable bonds is 5. The molecule has 1 aliphatic rings. The molecule has 94 valence electrons. The molecule has 1 heterocycles. The quantitative estimate of drug-likeness (QED) is 0.511. The standard InChI is InChI=1S/C13H13NO2S2/c1-17-13(18-12-8-11(16)14-12)7-10(15)9-5-3-2-4-6-9/h2-7,12H,8H2,1H3,(H,14,16). The summed E-state index contributed by atoms with van der Waals surface area (Å²) >= 11 is 3.05. The van der Waals surface area contributed by atoms with Crippen LogP contribution in [0.25, 0.3) is 0 Å². The number of ketones is 1. The van der Waals surface area contributed by atoms with Gasteiger partial charge in [-0.25, -0.2) is 0 Å². The second-order valence-corrected chi connectivity index (χ2v) is 6.13. The van der Waals surface area contributed by atoms with Crippen molar-refractivity contribution < 1.29 is 9.59 Å². The summed E-state index contributed by atoms with van der Waals surface area (Å²) in [4.78, 5) is 22.8. The fraction of sp³-hybridized carbons (Fsp3) is 0.231. The van der Waals surface area contributed by atoms with Crippen molar-refractivity contribution in [2.24, 2.45) is 0 Å². The molecule has 0 radical (unpaired) electrons. The van der Waals surface area contributed by atoms with E-state index in [-0.39, 0.29) is 17.1 Å². The van der Waals surface area contributed by atoms with Gasteiger partial charge in [0.2, 0.25) is 5.91 Å². The van der Waals surface area contributed by atoms with Gasteiger partial charge >= 0.3 is 0 Å². The van der Waals surface area contributed by atoms with Crippen LogP contribution in [0.4, 0.5) is 0 Å². The van der Waals surface area contributed by atoms with E-state index < -0.39 is 0 Å². The van der Waals surface area contributed by atoms with E-state index in [1.54, 1.807) is 18.2 Å². The molecular weight excluding hydrogens is 266 g/mol. The summed E-state index contributed by atoms with van der Waals surface area (Å²) in [6, 6.07) is 9.17. The van der Waals surface area contributed by atoms with Crippen LogP contribution in [0.1, 0.15) is 16.8 Å². The highest BCUT2D eigenvalue weighted by molar-refractivity contribution is 8.22. The number of nitrogens with one attached hydrogen (secondary N) is 1. The van der Waals surface area contributed by atoms with Gasteiger partial charge in [-0.3, -0.25) is 9.59 Å². The van der Waals surface area contributed by atoms with E-state index in [1.807, 2.05) is 24.5 Å². The van der Waals surface area contributed by atoms with Crippen molar-refractivity contribution in [3.63, 3.8) is 0 Å². The predicted molar refractivity (Wildman–Crippen MR) is 76.5 cm³/mol. The summed E-state index contributed by atoms with van der Waals surface area (Å²) in [5.41, 5.74) is 0.683. The van der Waals surface area contributed by atoms with Crippen LogP contribution in [0.5, 0.6) is 0 Å². The summed E-state index contributed by atoms with van der Waals surface area (Å²) in [6.07, 6.45) is 4.09. The Hall–Kier alpha value is -1.20. The van der Waals surface area contributed by atoms with Crippen LogP contribution in [0.15, 0.2) is 40.6 Å². The number of thioether (sulfide) groups is 2. The number of carbonyl (C=O) groups excluding carboxylic acids is 2. The normalized spacial score (nSPS) is 19.1. The average molecular weight is 279 g/mol. The van der Waals surface area contributed by atoms with Gasteiger partial charge in [-0.15, -0.1) is 11.8 Å². The largest absolute Gasteiger partial charge is 0.343 e. The zero-order valence-electron chi connectivity index (χ0n) is 9.88. The number of benzene rings is 1. The molecule has 0 aliphatic carbocycles. The van der Waals surface area contributed by atoms with Gasteiger partial charge in [0.15, 0.2) is 5.78 Å². The summed E-state index contributed by atoms with van der Waals surface area (Å²) in [6.45, 7) is 0. The third-order valence-electron chi connectivity index (χ3n) is 2.46. The summed E-state index contributed by atoms with van der Waals surface area (Å²) in [7, 11) is 0. The van der Waals surface area contributed by atoms with Gasteiger partial charge in [0, 0.05) is 15.9 Å². The third-order valence-corrected chi connectivity index (χ3v) is 4.69. The van der Waals surface area contributed by atoms with Gasteiger partial charge in [0.25, 0.3) is 0 Å². The van der Waals surface area contributed by atoms with Crippen molar-refractivity contribution in [3.8, 4) is 0 Å². The monoisotopic (exact) mass is 279 g/mol. The Labute approximate surface area is 114 Å². The second kappa shape index (κ2) is 6.11. The molecule has 1 aromatic carbocycles. The van der Waals surface area contributed by atoms with E-state index >= 15 is 0 Å². The fourth-order valence-electron chi connectivity index (χ4n) is 1.47. The lowest BCUT2D eigenvalue weighted by atomic mass is 10.1. The average Bonchev–Trinajstić information content (AvgIpc) is 2.36. The van der Waals surface area contributed by atoms with E-state index in [9.17, 15) is 9.59 Å². The summed E-state index contributed by atoms with van der Waals surface area (Å²) in [5, 5.41) is 2.89. The van der Waals surface area contributed by atoms with E-state index in [0.717, 1.165) is 4.24 Å². The van der Waals surface area contributed by atoms with Gasteiger partial charge < -0.3 is 5.32 Å². The predicted octanol–water partition coefficient (Wildman–Crippen LogP) is 2.65. The molecule has 1 atom stereocenters. The smallest absolute Gasteiger partial charge is 0.223 e. The Morgan fingerprint density at radius 3 is 2.61 bits per heavy atom. The lowest BCUT2D eigenvalue weighted by Gasteiger charge is -2.26. The molecule has 0 saturated carbocycles. The van der Waals surface area contributed by atoms with Crippen LogP contribution in [0.2, 0.25) is 0 Å². The molecule has 1 fully saturated rings. The number of carbonyl (C=O) groups is 2. The number of hydrogen-bond acceptors (Lipinski definition) is 4. The molecule has 3 nitrogen and oxygen atoms in total. The SMILES string of the molecule is CSC(=CC(=O)c1ccccc1)SC1CC(=O)N1. The van der Waals surface area contributed by atoms with E-state index in [2.05, 4.69) is 5.32 Å². The lowest BCUT2D eigenvalue weighted by molar-refractivity contribution is -0.126.